The molecule has 3 heteroatoms. The monoisotopic (exact) mass is 221 g/mol. The molecular formula is C13H19NO2. The molecular weight excluding hydrogens is 202 g/mol. The number of hydrogen-bond donors (Lipinski definition) is 0. The minimum absolute atomic E-state index is 0.445. The molecule has 88 valence electrons. The molecule has 1 fully saturated rings. The van der Waals surface area contributed by atoms with Crippen LogP contribution in [-0.2, 0) is 17.7 Å². The van der Waals surface area contributed by atoms with E-state index in [4.69, 9.17) is 9.47 Å². The van der Waals surface area contributed by atoms with Gasteiger partial charge in [0.2, 0.25) is 0 Å². The highest BCUT2D eigenvalue weighted by Gasteiger charge is 2.22. The summed E-state index contributed by atoms with van der Waals surface area (Å²) in [6.07, 6.45) is 1.46. The van der Waals surface area contributed by atoms with Crippen molar-refractivity contribution in [1.29, 1.82) is 0 Å². The number of benzene rings is 1. The lowest BCUT2D eigenvalue weighted by atomic mass is 10.1. The van der Waals surface area contributed by atoms with Crippen molar-refractivity contribution in [2.24, 2.45) is 0 Å². The summed E-state index contributed by atoms with van der Waals surface area (Å²) in [4.78, 5) is 2.15. The molecule has 16 heavy (non-hydrogen) atoms. The van der Waals surface area contributed by atoms with Crippen molar-refractivity contribution in [3.8, 4) is 5.75 Å². The van der Waals surface area contributed by atoms with Gasteiger partial charge in [-0.2, -0.15) is 0 Å². The van der Waals surface area contributed by atoms with Crippen LogP contribution >= 0.6 is 0 Å². The van der Waals surface area contributed by atoms with Crippen molar-refractivity contribution in [1.82, 2.24) is 4.90 Å². The maximum Gasteiger partial charge on any atom is 0.123 e. The van der Waals surface area contributed by atoms with Gasteiger partial charge in [0, 0.05) is 18.5 Å². The Labute approximate surface area is 97.0 Å². The predicted octanol–water partition coefficient (Wildman–Crippen LogP) is 1.70. The van der Waals surface area contributed by atoms with Gasteiger partial charge in [0.25, 0.3) is 0 Å². The van der Waals surface area contributed by atoms with E-state index < -0.39 is 0 Å². The first-order valence-corrected chi connectivity index (χ1v) is 5.61. The van der Waals surface area contributed by atoms with Crippen LogP contribution in [0.25, 0.3) is 0 Å². The van der Waals surface area contributed by atoms with Gasteiger partial charge in [-0.15, -0.1) is 0 Å². The van der Waals surface area contributed by atoms with Crippen molar-refractivity contribution in [3.63, 3.8) is 0 Å². The minimum Gasteiger partial charge on any atom is -0.496 e. The summed E-state index contributed by atoms with van der Waals surface area (Å²) in [6, 6.07) is 6.40. The first kappa shape index (κ1) is 11.4. The first-order chi connectivity index (χ1) is 7.69. The van der Waals surface area contributed by atoms with E-state index in [9.17, 15) is 0 Å². The lowest BCUT2D eigenvalue weighted by molar-refractivity contribution is 0.371. The van der Waals surface area contributed by atoms with E-state index in [-0.39, 0.29) is 0 Å². The lowest BCUT2D eigenvalue weighted by Crippen LogP contribution is -2.12. The summed E-state index contributed by atoms with van der Waals surface area (Å²) >= 11 is 0. The first-order valence-electron chi connectivity index (χ1n) is 5.61. The van der Waals surface area contributed by atoms with Crippen LogP contribution in [-0.4, -0.2) is 38.8 Å². The zero-order valence-electron chi connectivity index (χ0n) is 10.2. The number of ether oxygens (including phenoxy) is 2. The van der Waals surface area contributed by atoms with Crippen molar-refractivity contribution in [2.75, 3.05) is 27.8 Å². The number of nitrogens with zero attached hydrogens (tertiary/aromatic N) is 1. The Balaban J connectivity index is 2.15. The highest BCUT2D eigenvalue weighted by molar-refractivity contribution is 5.37. The quantitative estimate of drug-likeness (QED) is 0.707. The average Bonchev–Trinajstić information content (AvgIpc) is 3.01. The summed E-state index contributed by atoms with van der Waals surface area (Å²) < 4.78 is 10.6. The van der Waals surface area contributed by atoms with E-state index in [2.05, 4.69) is 37.2 Å². The van der Waals surface area contributed by atoms with Gasteiger partial charge in [-0.1, -0.05) is 12.1 Å². The van der Waals surface area contributed by atoms with E-state index in [1.54, 1.807) is 7.11 Å². The Kier molecular flexibility index (Phi) is 3.46. The van der Waals surface area contributed by atoms with Crippen LogP contribution in [0.4, 0.5) is 0 Å². The SMILES string of the molecule is COc1ccc(CC2CO2)cc1CN(C)C. The van der Waals surface area contributed by atoms with Gasteiger partial charge in [0.15, 0.2) is 0 Å². The van der Waals surface area contributed by atoms with E-state index >= 15 is 0 Å². The molecule has 0 saturated carbocycles. The molecule has 0 aliphatic carbocycles. The molecule has 0 N–H and O–H groups in total. The minimum atomic E-state index is 0.445. The fourth-order valence-electron chi connectivity index (χ4n) is 1.87. The van der Waals surface area contributed by atoms with Crippen LogP contribution in [0.5, 0.6) is 5.75 Å². The highest BCUT2D eigenvalue weighted by Crippen LogP contribution is 2.24. The summed E-state index contributed by atoms with van der Waals surface area (Å²) in [5, 5.41) is 0. The summed E-state index contributed by atoms with van der Waals surface area (Å²) in [6.45, 7) is 1.82. The van der Waals surface area contributed by atoms with Crippen molar-refractivity contribution in [2.45, 2.75) is 19.1 Å². The smallest absolute Gasteiger partial charge is 0.123 e. The van der Waals surface area contributed by atoms with Crippen LogP contribution in [0.2, 0.25) is 0 Å². The highest BCUT2D eigenvalue weighted by atomic mass is 16.6. The van der Waals surface area contributed by atoms with E-state index in [1.165, 1.54) is 11.1 Å². The van der Waals surface area contributed by atoms with Crippen molar-refractivity contribution >= 4 is 0 Å². The lowest BCUT2D eigenvalue weighted by Gasteiger charge is -2.14. The van der Waals surface area contributed by atoms with Crippen molar-refractivity contribution in [3.05, 3.63) is 29.3 Å². The van der Waals surface area contributed by atoms with Gasteiger partial charge in [-0.25, -0.2) is 0 Å². The molecule has 0 aromatic heterocycles. The van der Waals surface area contributed by atoms with Gasteiger partial charge in [-0.3, -0.25) is 0 Å². The molecule has 1 aliphatic rings. The zero-order valence-corrected chi connectivity index (χ0v) is 10.2. The Morgan fingerprint density at radius 2 is 2.19 bits per heavy atom. The van der Waals surface area contributed by atoms with Gasteiger partial charge >= 0.3 is 0 Å². The maximum atomic E-state index is 5.36. The molecule has 1 aliphatic heterocycles. The maximum absolute atomic E-state index is 5.36. The van der Waals surface area contributed by atoms with Crippen LogP contribution in [0.15, 0.2) is 18.2 Å². The third kappa shape index (κ3) is 2.97. The predicted molar refractivity (Wildman–Crippen MR) is 63.8 cm³/mol. The van der Waals surface area contributed by atoms with E-state index in [0.29, 0.717) is 6.10 Å². The number of rotatable bonds is 5. The third-order valence-electron chi connectivity index (χ3n) is 2.70. The summed E-state index contributed by atoms with van der Waals surface area (Å²) in [7, 11) is 5.85. The molecule has 1 aromatic carbocycles. The zero-order chi connectivity index (χ0) is 11.5. The molecule has 2 rings (SSSR count). The molecule has 0 bridgehead atoms. The van der Waals surface area contributed by atoms with E-state index in [0.717, 1.165) is 25.3 Å². The second-order valence-electron chi connectivity index (χ2n) is 4.54. The molecule has 1 unspecified atom stereocenters. The molecule has 0 radical (unpaired) electrons. The average molecular weight is 221 g/mol. The summed E-state index contributed by atoms with van der Waals surface area (Å²) in [5.41, 5.74) is 2.57. The fraction of sp³-hybridized carbons (Fsp3) is 0.538. The molecule has 1 saturated heterocycles. The Bertz CT molecular complexity index is 359. The molecule has 0 amide bonds. The van der Waals surface area contributed by atoms with Gasteiger partial charge < -0.3 is 14.4 Å². The second kappa shape index (κ2) is 4.85. The Morgan fingerprint density at radius 1 is 1.44 bits per heavy atom. The third-order valence-corrected chi connectivity index (χ3v) is 2.70. The van der Waals surface area contributed by atoms with Crippen LogP contribution < -0.4 is 4.74 Å². The molecule has 0 spiro atoms. The van der Waals surface area contributed by atoms with Gasteiger partial charge in [0.1, 0.15) is 5.75 Å². The largest absolute Gasteiger partial charge is 0.496 e. The topological polar surface area (TPSA) is 25.0 Å². The number of hydrogen-bond acceptors (Lipinski definition) is 3. The van der Waals surface area contributed by atoms with Crippen LogP contribution in [0.3, 0.4) is 0 Å². The fourth-order valence-corrected chi connectivity index (χ4v) is 1.87. The van der Waals surface area contributed by atoms with Gasteiger partial charge in [-0.05, 0) is 25.7 Å². The molecule has 1 heterocycles. The van der Waals surface area contributed by atoms with Crippen LogP contribution in [0.1, 0.15) is 11.1 Å². The Hall–Kier alpha value is -1.06. The van der Waals surface area contributed by atoms with Gasteiger partial charge in [0.05, 0.1) is 19.8 Å². The van der Waals surface area contributed by atoms with Crippen LogP contribution in [0, 0.1) is 0 Å². The number of epoxide rings is 1. The standard InChI is InChI=1S/C13H19NO2/c1-14(2)8-11-6-10(7-12-9-16-12)4-5-13(11)15-3/h4-6,12H,7-9H2,1-3H3. The Morgan fingerprint density at radius 3 is 2.75 bits per heavy atom. The summed E-state index contributed by atoms with van der Waals surface area (Å²) in [5.74, 6) is 0.967. The molecule has 1 aromatic rings. The molecule has 3 nitrogen and oxygen atoms in total. The molecule has 1 atom stereocenters. The second-order valence-corrected chi connectivity index (χ2v) is 4.54. The normalized spacial score (nSPS) is 18.9. The van der Waals surface area contributed by atoms with Crippen molar-refractivity contribution < 1.29 is 9.47 Å². The van der Waals surface area contributed by atoms with E-state index in [1.807, 2.05) is 0 Å². The number of methoxy groups -OCH3 is 1.